The van der Waals surface area contributed by atoms with Crippen LogP contribution in [-0.4, -0.2) is 11.2 Å². The molecule has 0 aliphatic carbocycles. The molecule has 0 aliphatic rings. The number of benzene rings is 1. The van der Waals surface area contributed by atoms with Gasteiger partial charge in [0.2, 0.25) is 5.91 Å². The van der Waals surface area contributed by atoms with Crippen LogP contribution in [0.25, 0.3) is 0 Å². The Morgan fingerprint density at radius 1 is 1.26 bits per heavy atom. The molecule has 0 spiro atoms. The number of aryl methyl sites for hydroxylation is 1. The second-order valence-electron chi connectivity index (χ2n) is 4.46. The molecule has 1 aromatic rings. The Hall–Kier alpha value is -0.540. The van der Waals surface area contributed by atoms with Crippen molar-refractivity contribution in [1.82, 2.24) is 0 Å². The first-order valence-electron chi connectivity index (χ1n) is 6.80. The van der Waals surface area contributed by atoms with Gasteiger partial charge in [-0.1, -0.05) is 47.4 Å². The Labute approximate surface area is 129 Å². The second-order valence-corrected chi connectivity index (χ2v) is 5.66. The number of anilines is 1. The predicted molar refractivity (Wildman–Crippen MR) is 86.5 cm³/mol. The number of hydrogen-bond acceptors (Lipinski definition) is 1. The number of halogens is 2. The maximum atomic E-state index is 12.0. The molecule has 0 unspecified atom stereocenters. The summed E-state index contributed by atoms with van der Waals surface area (Å²) < 4.78 is 0. The zero-order valence-electron chi connectivity index (χ0n) is 11.6. The highest BCUT2D eigenvalue weighted by Gasteiger charge is 2.12. The van der Waals surface area contributed by atoms with Gasteiger partial charge >= 0.3 is 0 Å². The standard InChI is InChI=1S/C15H21BrClNO/c1-3-11-8-9-13(17)12(4-2)15(11)18-14(19)7-5-6-10-16/h8-9H,3-7,10H2,1-2H3,(H,18,19). The molecule has 4 heteroatoms. The van der Waals surface area contributed by atoms with Crippen molar-refractivity contribution in [3.63, 3.8) is 0 Å². The number of carbonyl (C=O) groups is 1. The maximum absolute atomic E-state index is 12.0. The van der Waals surface area contributed by atoms with Gasteiger partial charge in [0.15, 0.2) is 0 Å². The van der Waals surface area contributed by atoms with E-state index >= 15 is 0 Å². The van der Waals surface area contributed by atoms with Crippen molar-refractivity contribution in [3.05, 3.63) is 28.3 Å². The normalized spacial score (nSPS) is 10.5. The quantitative estimate of drug-likeness (QED) is 0.548. The minimum atomic E-state index is 0.0765. The largest absolute Gasteiger partial charge is 0.326 e. The number of unbranched alkanes of at least 4 members (excludes halogenated alkanes) is 1. The Balaban J connectivity index is 2.86. The molecule has 0 aromatic heterocycles. The summed E-state index contributed by atoms with van der Waals surface area (Å²) in [4.78, 5) is 12.0. The molecule has 1 rings (SSSR count). The maximum Gasteiger partial charge on any atom is 0.224 e. The van der Waals surface area contributed by atoms with Crippen molar-refractivity contribution in [3.8, 4) is 0 Å². The molecule has 0 saturated heterocycles. The van der Waals surface area contributed by atoms with Gasteiger partial charge < -0.3 is 5.32 Å². The van der Waals surface area contributed by atoms with Crippen molar-refractivity contribution < 1.29 is 4.79 Å². The van der Waals surface area contributed by atoms with Crippen LogP contribution in [0.5, 0.6) is 0 Å². The Morgan fingerprint density at radius 3 is 2.58 bits per heavy atom. The minimum absolute atomic E-state index is 0.0765. The smallest absolute Gasteiger partial charge is 0.224 e. The fourth-order valence-corrected chi connectivity index (χ4v) is 2.74. The van der Waals surface area contributed by atoms with Crippen LogP contribution in [0, 0.1) is 0 Å². The molecular weight excluding hydrogens is 326 g/mol. The Morgan fingerprint density at radius 2 is 2.00 bits per heavy atom. The van der Waals surface area contributed by atoms with Gasteiger partial charge in [-0.2, -0.15) is 0 Å². The number of hydrogen-bond donors (Lipinski definition) is 1. The molecule has 2 nitrogen and oxygen atoms in total. The van der Waals surface area contributed by atoms with E-state index in [9.17, 15) is 4.79 Å². The molecule has 1 aromatic carbocycles. The topological polar surface area (TPSA) is 29.1 Å². The third-order valence-corrected chi connectivity index (χ3v) is 4.04. The summed E-state index contributed by atoms with van der Waals surface area (Å²) in [5.41, 5.74) is 3.10. The lowest BCUT2D eigenvalue weighted by atomic mass is 10.0. The first-order chi connectivity index (χ1) is 9.13. The Kier molecular flexibility index (Phi) is 7.47. The van der Waals surface area contributed by atoms with E-state index in [0.29, 0.717) is 6.42 Å². The van der Waals surface area contributed by atoms with Crippen LogP contribution in [0.2, 0.25) is 5.02 Å². The molecule has 106 valence electrons. The number of amides is 1. The average molecular weight is 347 g/mol. The SMILES string of the molecule is CCc1ccc(Cl)c(CC)c1NC(=O)CCCCBr. The lowest BCUT2D eigenvalue weighted by molar-refractivity contribution is -0.116. The van der Waals surface area contributed by atoms with Gasteiger partial charge in [-0.3, -0.25) is 4.79 Å². The first kappa shape index (κ1) is 16.5. The summed E-state index contributed by atoms with van der Waals surface area (Å²) in [5.74, 6) is 0.0765. The summed E-state index contributed by atoms with van der Waals surface area (Å²) in [6.07, 6.45) is 4.19. The highest BCUT2D eigenvalue weighted by atomic mass is 79.9. The van der Waals surface area contributed by atoms with E-state index in [1.165, 1.54) is 0 Å². The summed E-state index contributed by atoms with van der Waals surface area (Å²) in [6.45, 7) is 4.14. The highest BCUT2D eigenvalue weighted by molar-refractivity contribution is 9.09. The lowest BCUT2D eigenvalue weighted by Crippen LogP contribution is -2.14. The van der Waals surface area contributed by atoms with Crippen LogP contribution >= 0.6 is 27.5 Å². The fourth-order valence-electron chi connectivity index (χ4n) is 2.05. The average Bonchev–Trinajstić information content (AvgIpc) is 2.39. The Bertz CT molecular complexity index is 434. The van der Waals surface area contributed by atoms with Crippen LogP contribution in [-0.2, 0) is 17.6 Å². The van der Waals surface area contributed by atoms with E-state index in [0.717, 1.165) is 52.9 Å². The molecular formula is C15H21BrClNO. The van der Waals surface area contributed by atoms with E-state index < -0.39 is 0 Å². The number of rotatable bonds is 7. The van der Waals surface area contributed by atoms with Crippen molar-refractivity contribution in [2.24, 2.45) is 0 Å². The predicted octanol–water partition coefficient (Wildman–Crippen LogP) is 4.97. The van der Waals surface area contributed by atoms with Gasteiger partial charge in [0.05, 0.1) is 0 Å². The first-order valence-corrected chi connectivity index (χ1v) is 8.30. The highest BCUT2D eigenvalue weighted by Crippen LogP contribution is 2.29. The van der Waals surface area contributed by atoms with Gasteiger partial charge in [0.1, 0.15) is 0 Å². The van der Waals surface area contributed by atoms with Gasteiger partial charge in [0.25, 0.3) is 0 Å². The van der Waals surface area contributed by atoms with Crippen LogP contribution in [0.3, 0.4) is 0 Å². The number of nitrogens with one attached hydrogen (secondary N) is 1. The van der Waals surface area contributed by atoms with Crippen molar-refractivity contribution in [2.75, 3.05) is 10.6 Å². The molecule has 0 aliphatic heterocycles. The molecule has 19 heavy (non-hydrogen) atoms. The van der Waals surface area contributed by atoms with Crippen LogP contribution in [0.15, 0.2) is 12.1 Å². The fraction of sp³-hybridized carbons (Fsp3) is 0.533. The van der Waals surface area contributed by atoms with E-state index in [1.54, 1.807) is 0 Å². The van der Waals surface area contributed by atoms with E-state index in [-0.39, 0.29) is 5.91 Å². The van der Waals surface area contributed by atoms with Gasteiger partial charge in [-0.05, 0) is 42.9 Å². The summed E-state index contributed by atoms with van der Waals surface area (Å²) in [5, 5.41) is 4.72. The molecule has 0 heterocycles. The molecule has 0 saturated carbocycles. The second kappa shape index (κ2) is 8.60. The van der Waals surface area contributed by atoms with Gasteiger partial charge in [-0.15, -0.1) is 0 Å². The summed E-state index contributed by atoms with van der Waals surface area (Å²) in [6, 6.07) is 3.91. The zero-order valence-corrected chi connectivity index (χ0v) is 13.9. The third kappa shape index (κ3) is 4.81. The zero-order chi connectivity index (χ0) is 14.3. The van der Waals surface area contributed by atoms with Crippen LogP contribution in [0.4, 0.5) is 5.69 Å². The van der Waals surface area contributed by atoms with Crippen molar-refractivity contribution >= 4 is 39.1 Å². The molecule has 1 amide bonds. The van der Waals surface area contributed by atoms with Crippen LogP contribution in [0.1, 0.15) is 44.2 Å². The van der Waals surface area contributed by atoms with Crippen molar-refractivity contribution in [2.45, 2.75) is 46.0 Å². The summed E-state index contributed by atoms with van der Waals surface area (Å²) >= 11 is 9.58. The van der Waals surface area contributed by atoms with Crippen molar-refractivity contribution in [1.29, 1.82) is 0 Å². The molecule has 0 bridgehead atoms. The number of carbonyl (C=O) groups excluding carboxylic acids is 1. The van der Waals surface area contributed by atoms with Gasteiger partial charge in [-0.25, -0.2) is 0 Å². The minimum Gasteiger partial charge on any atom is -0.326 e. The molecule has 1 N–H and O–H groups in total. The van der Waals surface area contributed by atoms with E-state index in [4.69, 9.17) is 11.6 Å². The van der Waals surface area contributed by atoms with E-state index in [2.05, 4.69) is 35.1 Å². The molecule has 0 atom stereocenters. The monoisotopic (exact) mass is 345 g/mol. The molecule has 0 radical (unpaired) electrons. The lowest BCUT2D eigenvalue weighted by Gasteiger charge is -2.15. The van der Waals surface area contributed by atoms with Gasteiger partial charge in [0, 0.05) is 22.5 Å². The molecule has 0 fully saturated rings. The van der Waals surface area contributed by atoms with E-state index in [1.807, 2.05) is 12.1 Å². The van der Waals surface area contributed by atoms with Crippen LogP contribution < -0.4 is 5.32 Å². The third-order valence-electron chi connectivity index (χ3n) is 3.13. The number of alkyl halides is 1. The summed E-state index contributed by atoms with van der Waals surface area (Å²) in [7, 11) is 0.